The number of halogens is 1. The molecule has 0 aromatic heterocycles. The van der Waals surface area contributed by atoms with Crippen LogP contribution in [0.2, 0.25) is 0 Å². The Balaban J connectivity index is 2.30. The number of sulfonamides is 1. The van der Waals surface area contributed by atoms with Gasteiger partial charge in [0.05, 0.1) is 0 Å². The molecule has 1 heterocycles. The van der Waals surface area contributed by atoms with Gasteiger partial charge in [0.1, 0.15) is 5.82 Å². The number of carbonyl (C=O) groups is 2. The Morgan fingerprint density at radius 1 is 1.19 bits per heavy atom. The molecule has 0 spiro atoms. The molecule has 1 aromatic carbocycles. The highest BCUT2D eigenvalue weighted by molar-refractivity contribution is 7.91. The summed E-state index contributed by atoms with van der Waals surface area (Å²) >= 11 is 0. The molecule has 0 aliphatic carbocycles. The average molecular weight is 385 g/mol. The molecule has 3 amide bonds. The zero-order valence-electron chi connectivity index (χ0n) is 15.2. The monoisotopic (exact) mass is 385 g/mol. The van der Waals surface area contributed by atoms with Crippen LogP contribution in [0.1, 0.15) is 57.1 Å². The van der Waals surface area contributed by atoms with Crippen molar-refractivity contribution in [1.29, 1.82) is 0 Å². The van der Waals surface area contributed by atoms with Gasteiger partial charge in [-0.15, -0.1) is 0 Å². The molecule has 1 saturated heterocycles. The first-order chi connectivity index (χ1) is 12.0. The molecule has 1 aliphatic rings. The van der Waals surface area contributed by atoms with Gasteiger partial charge in [-0.05, 0) is 41.5 Å². The van der Waals surface area contributed by atoms with Crippen LogP contribution in [-0.4, -0.2) is 32.2 Å². The smallest absolute Gasteiger partial charge is 0.332 e. The highest BCUT2D eigenvalue weighted by Gasteiger charge is 2.37. The van der Waals surface area contributed by atoms with Gasteiger partial charge in [0.2, 0.25) is 15.9 Å². The lowest BCUT2D eigenvalue weighted by Crippen LogP contribution is -2.43. The van der Waals surface area contributed by atoms with E-state index in [4.69, 9.17) is 0 Å². The van der Waals surface area contributed by atoms with Crippen molar-refractivity contribution in [2.45, 2.75) is 51.2 Å². The van der Waals surface area contributed by atoms with E-state index in [2.05, 4.69) is 10.6 Å². The zero-order chi connectivity index (χ0) is 19.6. The fourth-order valence-corrected chi connectivity index (χ4v) is 4.16. The maximum absolute atomic E-state index is 13.9. The van der Waals surface area contributed by atoms with E-state index in [1.165, 1.54) is 12.1 Å². The molecule has 0 radical (unpaired) electrons. The van der Waals surface area contributed by atoms with E-state index in [9.17, 15) is 22.4 Å². The first kappa shape index (κ1) is 20.2. The Bertz CT molecular complexity index is 792. The van der Waals surface area contributed by atoms with Crippen LogP contribution in [0.15, 0.2) is 12.1 Å². The Kier molecular flexibility index (Phi) is 5.90. The Morgan fingerprint density at radius 2 is 1.73 bits per heavy atom. The molecule has 0 saturated carbocycles. The van der Waals surface area contributed by atoms with Crippen molar-refractivity contribution in [3.8, 4) is 0 Å². The van der Waals surface area contributed by atoms with Crippen molar-refractivity contribution in [1.82, 2.24) is 10.0 Å². The molecule has 0 bridgehead atoms. The van der Waals surface area contributed by atoms with Crippen molar-refractivity contribution >= 4 is 27.6 Å². The normalized spacial score (nSPS) is 17.5. The molecule has 2 rings (SSSR count). The third-order valence-corrected chi connectivity index (χ3v) is 5.92. The van der Waals surface area contributed by atoms with Crippen LogP contribution >= 0.6 is 0 Å². The van der Waals surface area contributed by atoms with E-state index in [1.54, 1.807) is 0 Å². The van der Waals surface area contributed by atoms with Gasteiger partial charge in [-0.2, -0.15) is 0 Å². The summed E-state index contributed by atoms with van der Waals surface area (Å²) in [5.41, 5.74) is 1.53. The van der Waals surface area contributed by atoms with Crippen molar-refractivity contribution in [3.63, 3.8) is 0 Å². The van der Waals surface area contributed by atoms with E-state index >= 15 is 0 Å². The lowest BCUT2D eigenvalue weighted by molar-refractivity contribution is -0.118. The molecule has 26 heavy (non-hydrogen) atoms. The first-order valence-corrected chi connectivity index (χ1v) is 10.0. The predicted molar refractivity (Wildman–Crippen MR) is 97.1 cm³/mol. The number of benzene rings is 1. The number of hydrogen-bond acceptors (Lipinski definition) is 4. The minimum absolute atomic E-state index is 0.0873. The van der Waals surface area contributed by atoms with Gasteiger partial charge in [0.15, 0.2) is 5.25 Å². The molecule has 1 aromatic rings. The quantitative estimate of drug-likeness (QED) is 0.724. The second-order valence-electron chi connectivity index (χ2n) is 6.94. The summed E-state index contributed by atoms with van der Waals surface area (Å²) in [7, 11) is -4.15. The number of rotatable bonds is 5. The summed E-state index contributed by atoms with van der Waals surface area (Å²) in [4.78, 5) is 23.9. The van der Waals surface area contributed by atoms with Crippen LogP contribution in [0.5, 0.6) is 0 Å². The number of urea groups is 1. The van der Waals surface area contributed by atoms with Crippen LogP contribution in [0.3, 0.4) is 0 Å². The van der Waals surface area contributed by atoms with Gasteiger partial charge in [-0.3, -0.25) is 4.79 Å². The predicted octanol–water partition coefficient (Wildman–Crippen LogP) is 2.41. The largest absolute Gasteiger partial charge is 0.355 e. The van der Waals surface area contributed by atoms with Gasteiger partial charge in [0.25, 0.3) is 0 Å². The van der Waals surface area contributed by atoms with Gasteiger partial charge in [-0.25, -0.2) is 22.3 Å². The minimum atomic E-state index is -4.15. The third kappa shape index (κ3) is 4.32. The van der Waals surface area contributed by atoms with Crippen molar-refractivity contribution in [2.24, 2.45) is 0 Å². The molecule has 1 atom stereocenters. The highest BCUT2D eigenvalue weighted by Crippen LogP contribution is 2.33. The molecule has 1 aliphatic heterocycles. The molecule has 144 valence electrons. The Hall–Kier alpha value is -2.16. The number of amides is 3. The Morgan fingerprint density at radius 3 is 2.15 bits per heavy atom. The number of carbonyl (C=O) groups excluding carboxylic acids is 2. The SMILES string of the molecule is CC(C)c1cc(F)cc(C(C)C)c1NC(=O)NS(=O)(=O)C1CCNC1=O. The van der Waals surface area contributed by atoms with Gasteiger partial charge in [-0.1, -0.05) is 27.7 Å². The lowest BCUT2D eigenvalue weighted by Gasteiger charge is -2.21. The van der Waals surface area contributed by atoms with Crippen LogP contribution in [0.4, 0.5) is 14.9 Å². The summed E-state index contributed by atoms with van der Waals surface area (Å²) in [5, 5.41) is 3.66. The molecular formula is C17H24FN3O4S. The van der Waals surface area contributed by atoms with E-state index in [0.717, 1.165) is 0 Å². The maximum Gasteiger partial charge on any atom is 0.332 e. The first-order valence-electron chi connectivity index (χ1n) is 8.46. The van der Waals surface area contributed by atoms with Crippen molar-refractivity contribution < 1.29 is 22.4 Å². The molecule has 3 N–H and O–H groups in total. The van der Waals surface area contributed by atoms with Gasteiger partial charge in [0, 0.05) is 12.2 Å². The summed E-state index contributed by atoms with van der Waals surface area (Å²) in [5.74, 6) is -1.22. The van der Waals surface area contributed by atoms with E-state index in [1.807, 2.05) is 32.4 Å². The van der Waals surface area contributed by atoms with Gasteiger partial charge < -0.3 is 10.6 Å². The second kappa shape index (κ2) is 7.61. The van der Waals surface area contributed by atoms with E-state index < -0.39 is 33.0 Å². The summed E-state index contributed by atoms with van der Waals surface area (Å²) in [6.07, 6.45) is 0.104. The standard InChI is InChI=1S/C17H24FN3O4S/c1-9(2)12-7-11(18)8-13(10(3)4)15(12)20-17(23)21-26(24,25)14-5-6-19-16(14)22/h7-10,14H,5-6H2,1-4H3,(H,19,22)(H2,20,21,23). The average Bonchev–Trinajstić information content (AvgIpc) is 2.94. The molecule has 9 heteroatoms. The number of nitrogens with one attached hydrogen (secondary N) is 3. The molecular weight excluding hydrogens is 361 g/mol. The van der Waals surface area contributed by atoms with Crippen molar-refractivity contribution in [3.05, 3.63) is 29.1 Å². The van der Waals surface area contributed by atoms with E-state index in [-0.39, 0.29) is 24.8 Å². The highest BCUT2D eigenvalue weighted by atomic mass is 32.2. The number of hydrogen-bond donors (Lipinski definition) is 3. The summed E-state index contributed by atoms with van der Waals surface area (Å²) in [6.45, 7) is 7.64. The van der Waals surface area contributed by atoms with Crippen molar-refractivity contribution in [2.75, 3.05) is 11.9 Å². The van der Waals surface area contributed by atoms with Crippen LogP contribution in [0, 0.1) is 5.82 Å². The topological polar surface area (TPSA) is 104 Å². The zero-order valence-corrected chi connectivity index (χ0v) is 16.0. The fourth-order valence-electron chi connectivity index (χ4n) is 2.91. The molecule has 1 fully saturated rings. The van der Waals surface area contributed by atoms with Crippen LogP contribution < -0.4 is 15.4 Å². The van der Waals surface area contributed by atoms with Crippen LogP contribution in [-0.2, 0) is 14.8 Å². The van der Waals surface area contributed by atoms with Crippen LogP contribution in [0.25, 0.3) is 0 Å². The van der Waals surface area contributed by atoms with E-state index in [0.29, 0.717) is 16.8 Å². The maximum atomic E-state index is 13.9. The fraction of sp³-hybridized carbons (Fsp3) is 0.529. The number of anilines is 1. The lowest BCUT2D eigenvalue weighted by atomic mass is 9.92. The molecule has 7 nitrogen and oxygen atoms in total. The Labute approximate surface area is 152 Å². The third-order valence-electron chi connectivity index (χ3n) is 4.25. The second-order valence-corrected chi connectivity index (χ2v) is 8.80. The minimum Gasteiger partial charge on any atom is -0.355 e. The molecule has 1 unspecified atom stereocenters. The van der Waals surface area contributed by atoms with Gasteiger partial charge >= 0.3 is 6.03 Å². The summed E-state index contributed by atoms with van der Waals surface area (Å²) in [6, 6.07) is 1.68. The summed E-state index contributed by atoms with van der Waals surface area (Å²) < 4.78 is 40.3.